The summed E-state index contributed by atoms with van der Waals surface area (Å²) < 4.78 is 25.4. The van der Waals surface area contributed by atoms with Gasteiger partial charge in [0, 0.05) is 12.3 Å². The fourth-order valence-electron chi connectivity index (χ4n) is 1.04. The number of hydrogen-bond acceptors (Lipinski definition) is 4. The Kier molecular flexibility index (Phi) is 4.59. The monoisotopic (exact) mass is 247 g/mol. The maximum atomic E-state index is 11.5. The molecule has 15 heavy (non-hydrogen) atoms. The van der Waals surface area contributed by atoms with Crippen LogP contribution < -0.4 is 4.72 Å². The van der Waals surface area contributed by atoms with E-state index < -0.39 is 10.0 Å². The van der Waals surface area contributed by atoms with E-state index in [2.05, 4.69) is 17.4 Å². The molecule has 1 aromatic rings. The minimum atomic E-state index is -3.48. The molecule has 0 aliphatic rings. The van der Waals surface area contributed by atoms with Crippen LogP contribution in [0, 0.1) is 0 Å². The van der Waals surface area contributed by atoms with Gasteiger partial charge in [-0.25, -0.2) is 13.1 Å². The first-order valence-corrected chi connectivity index (χ1v) is 6.52. The quantitative estimate of drug-likeness (QED) is 0.659. The summed E-state index contributed by atoms with van der Waals surface area (Å²) in [7, 11) is -3.48. The minimum absolute atomic E-state index is 0.0245. The van der Waals surface area contributed by atoms with Crippen LogP contribution in [0.3, 0.4) is 0 Å². The van der Waals surface area contributed by atoms with E-state index in [1.807, 2.05) is 0 Å². The molecule has 0 heterocycles. The number of rotatable bonds is 5. The molecule has 0 aliphatic carbocycles. The van der Waals surface area contributed by atoms with Gasteiger partial charge in [-0.2, -0.15) is 12.6 Å². The molecule has 0 aliphatic heterocycles. The van der Waals surface area contributed by atoms with Crippen molar-refractivity contribution in [2.45, 2.75) is 10.6 Å². The molecular formula is C9H13NO3S2. The Bertz CT molecular complexity index is 400. The van der Waals surface area contributed by atoms with Crippen LogP contribution in [0.15, 0.2) is 29.2 Å². The SMILES string of the molecule is O=S(=O)(NCCO)c1ccc(CS)cc1. The highest BCUT2D eigenvalue weighted by atomic mass is 32.2. The number of nitrogens with one attached hydrogen (secondary N) is 1. The lowest BCUT2D eigenvalue weighted by Gasteiger charge is -2.05. The molecule has 0 unspecified atom stereocenters. The molecule has 84 valence electrons. The lowest BCUT2D eigenvalue weighted by molar-refractivity contribution is 0.301. The van der Waals surface area contributed by atoms with Crippen LogP contribution >= 0.6 is 12.6 Å². The second kappa shape index (κ2) is 5.50. The highest BCUT2D eigenvalue weighted by Gasteiger charge is 2.12. The summed E-state index contributed by atoms with van der Waals surface area (Å²) in [5.41, 5.74) is 0.958. The van der Waals surface area contributed by atoms with E-state index in [-0.39, 0.29) is 18.0 Å². The van der Waals surface area contributed by atoms with E-state index >= 15 is 0 Å². The molecule has 0 aromatic heterocycles. The molecule has 0 atom stereocenters. The number of hydrogen-bond donors (Lipinski definition) is 3. The van der Waals surface area contributed by atoms with E-state index in [0.29, 0.717) is 5.75 Å². The Morgan fingerprint density at radius 2 is 1.87 bits per heavy atom. The molecule has 0 spiro atoms. The molecule has 0 saturated carbocycles. The van der Waals surface area contributed by atoms with Gasteiger partial charge in [-0.15, -0.1) is 0 Å². The van der Waals surface area contributed by atoms with E-state index in [0.717, 1.165) is 5.56 Å². The van der Waals surface area contributed by atoms with E-state index in [9.17, 15) is 8.42 Å². The summed E-state index contributed by atoms with van der Waals surface area (Å²) in [6, 6.07) is 6.46. The van der Waals surface area contributed by atoms with Gasteiger partial charge in [0.25, 0.3) is 0 Å². The second-order valence-corrected chi connectivity index (χ2v) is 5.01. The van der Waals surface area contributed by atoms with Gasteiger partial charge in [0.05, 0.1) is 11.5 Å². The zero-order chi connectivity index (χ0) is 11.3. The fraction of sp³-hybridized carbons (Fsp3) is 0.333. The molecule has 0 fully saturated rings. The first-order valence-electron chi connectivity index (χ1n) is 4.40. The zero-order valence-corrected chi connectivity index (χ0v) is 9.76. The van der Waals surface area contributed by atoms with Crippen LogP contribution in [0.1, 0.15) is 5.56 Å². The molecule has 0 saturated heterocycles. The summed E-state index contributed by atoms with van der Waals surface area (Å²) in [6.45, 7) is -0.190. The lowest BCUT2D eigenvalue weighted by Crippen LogP contribution is -2.26. The molecule has 4 nitrogen and oxygen atoms in total. The molecule has 0 radical (unpaired) electrons. The van der Waals surface area contributed by atoms with Gasteiger partial charge in [0.15, 0.2) is 0 Å². The van der Waals surface area contributed by atoms with Crippen LogP contribution in [0.4, 0.5) is 0 Å². The maximum absolute atomic E-state index is 11.5. The van der Waals surface area contributed by atoms with Crippen molar-refractivity contribution in [1.29, 1.82) is 0 Å². The Morgan fingerprint density at radius 1 is 1.27 bits per heavy atom. The van der Waals surface area contributed by atoms with Crippen molar-refractivity contribution >= 4 is 22.7 Å². The van der Waals surface area contributed by atoms with Crippen molar-refractivity contribution in [2.75, 3.05) is 13.2 Å². The van der Waals surface area contributed by atoms with E-state index in [1.54, 1.807) is 12.1 Å². The predicted molar refractivity (Wildman–Crippen MR) is 61.4 cm³/mol. The number of aliphatic hydroxyl groups excluding tert-OH is 1. The Hall–Kier alpha value is -0.560. The van der Waals surface area contributed by atoms with Crippen molar-refractivity contribution in [3.63, 3.8) is 0 Å². The first-order chi connectivity index (χ1) is 7.10. The van der Waals surface area contributed by atoms with Gasteiger partial charge in [-0.3, -0.25) is 0 Å². The largest absolute Gasteiger partial charge is 0.395 e. The van der Waals surface area contributed by atoms with Crippen molar-refractivity contribution in [2.24, 2.45) is 0 Å². The number of sulfonamides is 1. The van der Waals surface area contributed by atoms with Crippen molar-refractivity contribution in [3.8, 4) is 0 Å². The molecule has 6 heteroatoms. The normalized spacial score (nSPS) is 11.6. The lowest BCUT2D eigenvalue weighted by atomic mass is 10.2. The standard InChI is InChI=1S/C9H13NO3S2/c11-6-5-10-15(12,13)9-3-1-8(7-14)2-4-9/h1-4,10-11,14H,5-7H2. The number of thiol groups is 1. The highest BCUT2D eigenvalue weighted by molar-refractivity contribution is 7.89. The average molecular weight is 247 g/mol. The van der Waals surface area contributed by atoms with Crippen LogP contribution in [0.25, 0.3) is 0 Å². The van der Waals surface area contributed by atoms with Gasteiger partial charge in [-0.05, 0) is 17.7 Å². The third kappa shape index (κ3) is 3.49. The van der Waals surface area contributed by atoms with Crippen LogP contribution in [0.2, 0.25) is 0 Å². The summed E-state index contributed by atoms with van der Waals surface area (Å²) in [6.07, 6.45) is 0. The van der Waals surface area contributed by atoms with Crippen LogP contribution in [0.5, 0.6) is 0 Å². The molecule has 2 N–H and O–H groups in total. The van der Waals surface area contributed by atoms with Gasteiger partial charge in [0.1, 0.15) is 0 Å². The van der Waals surface area contributed by atoms with Crippen molar-refractivity contribution in [3.05, 3.63) is 29.8 Å². The van der Waals surface area contributed by atoms with E-state index in [4.69, 9.17) is 5.11 Å². The summed E-state index contributed by atoms with van der Waals surface area (Å²) >= 11 is 4.08. The number of aliphatic hydroxyl groups is 1. The zero-order valence-electron chi connectivity index (χ0n) is 8.05. The topological polar surface area (TPSA) is 66.4 Å². The van der Waals surface area contributed by atoms with Gasteiger partial charge in [-0.1, -0.05) is 12.1 Å². The Labute approximate surface area is 94.8 Å². The van der Waals surface area contributed by atoms with Crippen molar-refractivity contribution < 1.29 is 13.5 Å². The third-order valence-electron chi connectivity index (χ3n) is 1.82. The second-order valence-electron chi connectivity index (χ2n) is 2.92. The Balaban J connectivity index is 2.86. The molecule has 0 amide bonds. The van der Waals surface area contributed by atoms with Crippen molar-refractivity contribution in [1.82, 2.24) is 4.72 Å². The first kappa shape index (κ1) is 12.5. The van der Waals surface area contributed by atoms with Gasteiger partial charge < -0.3 is 5.11 Å². The molecule has 1 rings (SSSR count). The summed E-state index contributed by atoms with van der Waals surface area (Å²) in [4.78, 5) is 0.196. The minimum Gasteiger partial charge on any atom is -0.395 e. The fourth-order valence-corrected chi connectivity index (χ4v) is 2.27. The maximum Gasteiger partial charge on any atom is 0.240 e. The number of benzene rings is 1. The smallest absolute Gasteiger partial charge is 0.240 e. The van der Waals surface area contributed by atoms with Gasteiger partial charge >= 0.3 is 0 Å². The summed E-state index contributed by atoms with van der Waals surface area (Å²) in [5, 5.41) is 8.52. The summed E-state index contributed by atoms with van der Waals surface area (Å²) in [5.74, 6) is 0.574. The van der Waals surface area contributed by atoms with E-state index in [1.165, 1.54) is 12.1 Å². The van der Waals surface area contributed by atoms with Crippen LogP contribution in [-0.4, -0.2) is 26.7 Å². The molecular weight excluding hydrogens is 234 g/mol. The predicted octanol–water partition coefficient (Wildman–Crippen LogP) is 0.387. The Morgan fingerprint density at radius 3 is 2.33 bits per heavy atom. The highest BCUT2D eigenvalue weighted by Crippen LogP contribution is 2.11. The molecule has 0 bridgehead atoms. The van der Waals surface area contributed by atoms with Crippen LogP contribution in [-0.2, 0) is 15.8 Å². The average Bonchev–Trinajstić information content (AvgIpc) is 2.26. The third-order valence-corrected chi connectivity index (χ3v) is 3.66. The van der Waals surface area contributed by atoms with Gasteiger partial charge in [0.2, 0.25) is 10.0 Å². The molecule has 1 aromatic carbocycles.